The Bertz CT molecular complexity index is 1340. The van der Waals surface area contributed by atoms with Crippen molar-refractivity contribution < 1.29 is 14.3 Å². The molecule has 0 unspecified atom stereocenters. The average molecular weight is 391 g/mol. The van der Waals surface area contributed by atoms with Gasteiger partial charge in [-0.3, -0.25) is 5.32 Å². The number of imidazole rings is 1. The molecule has 8 nitrogen and oxygen atoms in total. The molecule has 0 aliphatic rings. The van der Waals surface area contributed by atoms with Crippen LogP contribution in [-0.4, -0.2) is 30.6 Å². The number of aromatic carboxylic acids is 1. The number of thiazole rings is 1. The van der Waals surface area contributed by atoms with Crippen molar-refractivity contribution in [1.82, 2.24) is 19.5 Å². The summed E-state index contributed by atoms with van der Waals surface area (Å²) in [5.74, 6) is -0.485. The van der Waals surface area contributed by atoms with Crippen LogP contribution in [0, 0.1) is 0 Å². The minimum Gasteiger partial charge on any atom is -0.478 e. The van der Waals surface area contributed by atoms with E-state index in [1.54, 1.807) is 17.6 Å². The molecule has 0 bridgehead atoms. The fourth-order valence-corrected chi connectivity index (χ4v) is 3.59. The van der Waals surface area contributed by atoms with Crippen LogP contribution in [0.3, 0.4) is 0 Å². The number of carboxylic acids is 1. The van der Waals surface area contributed by atoms with Crippen molar-refractivity contribution in [2.24, 2.45) is 7.05 Å². The molecule has 0 saturated heterocycles. The van der Waals surface area contributed by atoms with Gasteiger partial charge in [0, 0.05) is 18.0 Å². The van der Waals surface area contributed by atoms with Crippen LogP contribution in [-0.2, 0) is 7.05 Å². The maximum atomic E-state index is 11.2. The summed E-state index contributed by atoms with van der Waals surface area (Å²) in [7, 11) is 1.83. The molecule has 0 saturated carbocycles. The van der Waals surface area contributed by atoms with E-state index in [-0.39, 0.29) is 5.56 Å². The van der Waals surface area contributed by atoms with Gasteiger partial charge in [-0.2, -0.15) is 4.98 Å². The summed E-state index contributed by atoms with van der Waals surface area (Å²) < 4.78 is 7.65. The Morgan fingerprint density at radius 3 is 2.86 bits per heavy atom. The van der Waals surface area contributed by atoms with Gasteiger partial charge in [0.25, 0.3) is 0 Å². The van der Waals surface area contributed by atoms with Crippen molar-refractivity contribution in [2.75, 3.05) is 5.32 Å². The quantitative estimate of drug-likeness (QED) is 0.471. The lowest BCUT2D eigenvalue weighted by Gasteiger charge is -2.01. The molecule has 138 valence electrons. The van der Waals surface area contributed by atoms with E-state index in [4.69, 9.17) is 9.52 Å². The molecular formula is C19H13N5O3S. The van der Waals surface area contributed by atoms with Crippen LogP contribution in [0.5, 0.6) is 0 Å². The van der Waals surface area contributed by atoms with Crippen molar-refractivity contribution in [3.05, 3.63) is 52.9 Å². The van der Waals surface area contributed by atoms with Gasteiger partial charge in [-0.15, -0.1) is 11.3 Å². The largest absolute Gasteiger partial charge is 0.478 e. The monoisotopic (exact) mass is 391 g/mol. The fraction of sp³-hybridized carbons (Fsp3) is 0.0526. The van der Waals surface area contributed by atoms with E-state index in [2.05, 4.69) is 20.3 Å². The second kappa shape index (κ2) is 6.17. The smallest absolute Gasteiger partial charge is 0.335 e. The molecule has 3 heterocycles. The van der Waals surface area contributed by atoms with E-state index in [0.717, 1.165) is 16.8 Å². The van der Waals surface area contributed by atoms with Crippen molar-refractivity contribution in [3.63, 3.8) is 0 Å². The highest BCUT2D eigenvalue weighted by Gasteiger charge is 2.14. The van der Waals surface area contributed by atoms with Gasteiger partial charge < -0.3 is 14.1 Å². The average Bonchev–Trinajstić information content (AvgIpc) is 3.40. The second-order valence-corrected chi connectivity index (χ2v) is 6.92. The predicted octanol–water partition coefficient (Wildman–Crippen LogP) is 4.28. The van der Waals surface area contributed by atoms with Crippen LogP contribution in [0.1, 0.15) is 10.4 Å². The lowest BCUT2D eigenvalue weighted by atomic mass is 10.1. The summed E-state index contributed by atoms with van der Waals surface area (Å²) in [5, 5.41) is 14.2. The van der Waals surface area contributed by atoms with Crippen molar-refractivity contribution in [2.45, 2.75) is 0 Å². The van der Waals surface area contributed by atoms with Crippen molar-refractivity contribution in [3.8, 4) is 11.3 Å². The first kappa shape index (κ1) is 16.5. The van der Waals surface area contributed by atoms with Gasteiger partial charge in [-0.1, -0.05) is 6.07 Å². The van der Waals surface area contributed by atoms with Gasteiger partial charge in [0.05, 0.1) is 27.8 Å². The van der Waals surface area contributed by atoms with E-state index < -0.39 is 5.97 Å². The second-order valence-electron chi connectivity index (χ2n) is 6.20. The van der Waals surface area contributed by atoms with E-state index in [1.165, 1.54) is 17.4 Å². The van der Waals surface area contributed by atoms with E-state index >= 15 is 0 Å². The van der Waals surface area contributed by atoms with Gasteiger partial charge >= 0.3 is 12.0 Å². The number of anilines is 2. The Labute approximate surface area is 162 Å². The van der Waals surface area contributed by atoms with Crippen LogP contribution in [0.25, 0.3) is 33.4 Å². The number of nitrogens with one attached hydrogen (secondary N) is 1. The maximum Gasteiger partial charge on any atom is 0.335 e. The van der Waals surface area contributed by atoms with E-state index in [0.29, 0.717) is 28.6 Å². The van der Waals surface area contributed by atoms with Gasteiger partial charge in [-0.05, 0) is 30.3 Å². The molecule has 0 radical (unpaired) electrons. The van der Waals surface area contributed by atoms with Gasteiger partial charge in [0.1, 0.15) is 5.52 Å². The van der Waals surface area contributed by atoms with Gasteiger partial charge in [0.15, 0.2) is 5.58 Å². The zero-order valence-electron chi connectivity index (χ0n) is 14.6. The number of nitrogens with zero attached hydrogens (tertiary/aromatic N) is 4. The molecule has 5 rings (SSSR count). The number of carbonyl (C=O) groups is 1. The summed E-state index contributed by atoms with van der Waals surface area (Å²) in [6, 6.07) is 10.9. The van der Waals surface area contributed by atoms with E-state index in [1.807, 2.05) is 35.2 Å². The van der Waals surface area contributed by atoms with E-state index in [9.17, 15) is 4.79 Å². The molecule has 0 amide bonds. The molecule has 0 atom stereocenters. The first-order valence-electron chi connectivity index (χ1n) is 8.34. The highest BCUT2D eigenvalue weighted by molar-refractivity contribution is 7.07. The SMILES string of the molecule is Cn1c(Nc2nc3ccc(-c4cscn4)cc3o2)nc2cc(C(=O)O)ccc21. The van der Waals surface area contributed by atoms with Crippen LogP contribution >= 0.6 is 11.3 Å². The molecule has 28 heavy (non-hydrogen) atoms. The maximum absolute atomic E-state index is 11.2. The number of aromatic nitrogens is 4. The molecule has 0 aliphatic heterocycles. The molecule has 0 spiro atoms. The Morgan fingerprint density at radius 2 is 2.07 bits per heavy atom. The summed E-state index contributed by atoms with van der Waals surface area (Å²) in [6.07, 6.45) is 0. The zero-order chi connectivity index (χ0) is 19.3. The minimum absolute atomic E-state index is 0.189. The summed E-state index contributed by atoms with van der Waals surface area (Å²) >= 11 is 1.54. The van der Waals surface area contributed by atoms with Crippen molar-refractivity contribution >= 4 is 51.4 Å². The molecule has 2 aromatic carbocycles. The van der Waals surface area contributed by atoms with Gasteiger partial charge in [0.2, 0.25) is 5.95 Å². The molecule has 3 aromatic heterocycles. The number of benzene rings is 2. The highest BCUT2D eigenvalue weighted by atomic mass is 32.1. The minimum atomic E-state index is -0.989. The molecule has 0 fully saturated rings. The molecule has 9 heteroatoms. The summed E-state index contributed by atoms with van der Waals surface area (Å²) in [6.45, 7) is 0. The van der Waals surface area contributed by atoms with Crippen molar-refractivity contribution in [1.29, 1.82) is 0 Å². The summed E-state index contributed by atoms with van der Waals surface area (Å²) in [4.78, 5) is 24.4. The lowest BCUT2D eigenvalue weighted by molar-refractivity contribution is 0.0697. The number of rotatable bonds is 4. The van der Waals surface area contributed by atoms with Crippen LogP contribution in [0.2, 0.25) is 0 Å². The van der Waals surface area contributed by atoms with Gasteiger partial charge in [-0.25, -0.2) is 14.8 Å². The Balaban J connectivity index is 1.51. The normalized spacial score (nSPS) is 11.3. The van der Waals surface area contributed by atoms with Crippen LogP contribution in [0.15, 0.2) is 51.7 Å². The molecule has 2 N–H and O–H groups in total. The number of oxazole rings is 1. The molecular weight excluding hydrogens is 378 g/mol. The van der Waals surface area contributed by atoms with Crippen LogP contribution < -0.4 is 5.32 Å². The number of hydrogen-bond donors (Lipinski definition) is 2. The number of aryl methyl sites for hydroxylation is 1. The highest BCUT2D eigenvalue weighted by Crippen LogP contribution is 2.28. The predicted molar refractivity (Wildman–Crippen MR) is 106 cm³/mol. The molecule has 5 aromatic rings. The first-order valence-corrected chi connectivity index (χ1v) is 9.29. The lowest BCUT2D eigenvalue weighted by Crippen LogP contribution is -1.99. The summed E-state index contributed by atoms with van der Waals surface area (Å²) in [5.41, 5.74) is 6.56. The third-order valence-corrected chi connectivity index (χ3v) is 5.05. The number of hydrogen-bond acceptors (Lipinski definition) is 7. The zero-order valence-corrected chi connectivity index (χ0v) is 15.4. The molecule has 0 aliphatic carbocycles. The Hall–Kier alpha value is -3.72. The number of carboxylic acid groups (broad SMARTS) is 1. The topological polar surface area (TPSA) is 106 Å². The van der Waals surface area contributed by atoms with Crippen LogP contribution in [0.4, 0.5) is 12.0 Å². The first-order chi connectivity index (χ1) is 13.6. The third kappa shape index (κ3) is 2.69. The fourth-order valence-electron chi connectivity index (χ4n) is 3.03. The standard InChI is InChI=1S/C19H13N5O3S/c1-24-15-5-3-11(17(25)26)6-13(15)21-18(24)23-19-22-12-4-2-10(7-16(12)27-19)14-8-28-9-20-14/h2-9H,1H3,(H,25,26)(H,21,22,23). The Morgan fingerprint density at radius 1 is 1.18 bits per heavy atom. The Kier molecular flexibility index (Phi) is 3.63. The third-order valence-electron chi connectivity index (χ3n) is 4.46. The number of fused-ring (bicyclic) bond motifs is 2.